The van der Waals surface area contributed by atoms with Gasteiger partial charge in [-0.15, -0.1) is 11.8 Å². The molecular formula is C19H20N8O5S2. The number of aliphatic carboxylic acids is 1. The van der Waals surface area contributed by atoms with Crippen LogP contribution in [0.3, 0.4) is 0 Å². The van der Waals surface area contributed by atoms with E-state index in [0.717, 1.165) is 16.4 Å². The van der Waals surface area contributed by atoms with Crippen molar-refractivity contribution >= 4 is 57.6 Å². The number of nitrogens with zero attached hydrogens (tertiary/aromatic N) is 5. The van der Waals surface area contributed by atoms with Crippen LogP contribution in [0.5, 0.6) is 0 Å². The zero-order valence-electron chi connectivity index (χ0n) is 17.8. The molecule has 2 aliphatic rings. The first-order chi connectivity index (χ1) is 16.3. The van der Waals surface area contributed by atoms with Gasteiger partial charge >= 0.3 is 0 Å². The molecule has 34 heavy (non-hydrogen) atoms. The second-order valence-corrected chi connectivity index (χ2v) is 9.11. The topological polar surface area (TPSA) is 193 Å². The first kappa shape index (κ1) is 23.4. The van der Waals surface area contributed by atoms with Gasteiger partial charge in [-0.25, -0.2) is 4.57 Å². The molecule has 0 bridgehead atoms. The van der Waals surface area contributed by atoms with Gasteiger partial charge in [-0.05, 0) is 6.92 Å². The second-order valence-electron chi connectivity index (χ2n) is 7.22. The summed E-state index contributed by atoms with van der Waals surface area (Å²) in [5.41, 5.74) is 11.9. The van der Waals surface area contributed by atoms with Crippen molar-refractivity contribution in [1.29, 1.82) is 0 Å². The van der Waals surface area contributed by atoms with Crippen LogP contribution in [-0.2, 0) is 25.8 Å². The van der Waals surface area contributed by atoms with E-state index in [2.05, 4.69) is 19.8 Å². The van der Waals surface area contributed by atoms with Crippen molar-refractivity contribution in [3.63, 3.8) is 0 Å². The normalized spacial score (nSPS) is 20.0. The van der Waals surface area contributed by atoms with Crippen molar-refractivity contribution < 1.29 is 28.9 Å². The summed E-state index contributed by atoms with van der Waals surface area (Å²) >= 11 is 2.21. The lowest BCUT2D eigenvalue weighted by Gasteiger charge is -2.50. The number of nitrogens with two attached hydrogens (primary N) is 2. The Morgan fingerprint density at radius 1 is 1.38 bits per heavy atom. The van der Waals surface area contributed by atoms with Crippen LogP contribution in [-0.4, -0.2) is 61.5 Å². The van der Waals surface area contributed by atoms with Crippen LogP contribution in [0.4, 0.5) is 10.8 Å². The standard InChI is InChI=1S/C19H20N8O5S2/c1-2-32-24-11(14-23-19(21)34-25-14)15(28)22-12-16(29)27-13(18(30)31)9(8-33-17(12)27)7-26-5-3-10(20)4-6-26/h3-6,12,17,20H,2,7-8H2,1H3,(H4,21,22,23,25,28,30,31)/t12?,17-/m0/s1. The number of carbonyl (C=O) groups excluding carboxylic acids is 3. The zero-order valence-corrected chi connectivity index (χ0v) is 19.5. The molecule has 5 N–H and O–H groups in total. The van der Waals surface area contributed by atoms with E-state index in [0.29, 0.717) is 17.0 Å². The molecule has 0 spiro atoms. The summed E-state index contributed by atoms with van der Waals surface area (Å²) in [4.78, 5) is 47.7. The van der Waals surface area contributed by atoms with Gasteiger partial charge in [0, 0.05) is 40.7 Å². The van der Waals surface area contributed by atoms with Crippen LogP contribution in [0.15, 0.2) is 41.0 Å². The Hall–Kier alpha value is -3.72. The van der Waals surface area contributed by atoms with Crippen molar-refractivity contribution in [2.24, 2.45) is 5.16 Å². The van der Waals surface area contributed by atoms with Crippen LogP contribution in [0, 0.1) is 0 Å². The van der Waals surface area contributed by atoms with Gasteiger partial charge in [0.25, 0.3) is 11.8 Å². The molecule has 0 radical (unpaired) electrons. The highest BCUT2D eigenvalue weighted by atomic mass is 32.2. The maximum Gasteiger partial charge on any atom is 0.278 e. The Bertz CT molecular complexity index is 1200. The summed E-state index contributed by atoms with van der Waals surface area (Å²) in [5.74, 6) is -2.49. The average Bonchev–Trinajstić information content (AvgIpc) is 3.24. The van der Waals surface area contributed by atoms with E-state index in [1.807, 2.05) is 0 Å². The molecule has 0 aliphatic carbocycles. The number of carboxylic acids is 1. The molecule has 178 valence electrons. The van der Waals surface area contributed by atoms with Gasteiger partial charge in [-0.3, -0.25) is 14.5 Å². The Morgan fingerprint density at radius 3 is 2.74 bits per heavy atom. The quantitative estimate of drug-likeness (QED) is 0.154. The Morgan fingerprint density at radius 2 is 2.12 bits per heavy atom. The fraction of sp³-hybridized carbons (Fsp3) is 0.316. The Labute approximate surface area is 201 Å². The summed E-state index contributed by atoms with van der Waals surface area (Å²) in [6.45, 7) is 2.12. The number of carboxylic acid groups (broad SMARTS) is 1. The summed E-state index contributed by atoms with van der Waals surface area (Å²) < 4.78 is 5.71. The van der Waals surface area contributed by atoms with Crippen molar-refractivity contribution in [1.82, 2.24) is 19.6 Å². The second kappa shape index (κ2) is 9.64. The van der Waals surface area contributed by atoms with Gasteiger partial charge in [0.2, 0.25) is 11.5 Å². The lowest BCUT2D eigenvalue weighted by Crippen LogP contribution is -2.71. The minimum atomic E-state index is -1.46. The van der Waals surface area contributed by atoms with Crippen molar-refractivity contribution in [3.8, 4) is 0 Å². The number of amides is 2. The van der Waals surface area contributed by atoms with Gasteiger partial charge in [-0.2, -0.15) is 9.36 Å². The lowest BCUT2D eigenvalue weighted by atomic mass is 10.0. The van der Waals surface area contributed by atoms with Crippen LogP contribution in [0.2, 0.25) is 0 Å². The molecule has 2 aromatic rings. The highest BCUT2D eigenvalue weighted by Gasteiger charge is 2.53. The molecule has 0 saturated carbocycles. The van der Waals surface area contributed by atoms with Crippen LogP contribution in [0.25, 0.3) is 0 Å². The van der Waals surface area contributed by atoms with E-state index in [4.69, 9.17) is 16.3 Å². The number of nitrogen functional groups attached to an aromatic ring is 2. The molecule has 1 saturated heterocycles. The smallest absolute Gasteiger partial charge is 0.278 e. The van der Waals surface area contributed by atoms with Crippen LogP contribution < -0.4 is 26.5 Å². The number of pyridine rings is 1. The van der Waals surface area contributed by atoms with Crippen LogP contribution in [0.1, 0.15) is 12.7 Å². The highest BCUT2D eigenvalue weighted by molar-refractivity contribution is 8.00. The number of carbonyl (C=O) groups is 3. The van der Waals surface area contributed by atoms with Gasteiger partial charge in [0.15, 0.2) is 24.1 Å². The van der Waals surface area contributed by atoms with Gasteiger partial charge < -0.3 is 31.5 Å². The zero-order chi connectivity index (χ0) is 24.4. The van der Waals surface area contributed by atoms with Crippen molar-refractivity contribution in [2.45, 2.75) is 24.9 Å². The Balaban J connectivity index is 1.53. The number of hydrogen-bond donors (Lipinski definition) is 3. The summed E-state index contributed by atoms with van der Waals surface area (Å²) in [7, 11) is 0. The number of anilines is 2. The molecule has 1 unspecified atom stereocenters. The summed E-state index contributed by atoms with van der Waals surface area (Å²) in [5, 5.41) is 17.8. The predicted molar refractivity (Wildman–Crippen MR) is 121 cm³/mol. The number of thioether (sulfide) groups is 1. The van der Waals surface area contributed by atoms with Gasteiger partial charge in [0.1, 0.15) is 18.0 Å². The number of hydrogen-bond acceptors (Lipinski definition) is 12. The molecule has 4 heterocycles. The van der Waals surface area contributed by atoms with E-state index in [9.17, 15) is 19.5 Å². The van der Waals surface area contributed by atoms with Gasteiger partial charge in [-0.1, -0.05) is 5.16 Å². The van der Waals surface area contributed by atoms with E-state index in [-0.39, 0.29) is 35.5 Å². The third kappa shape index (κ3) is 4.51. The van der Waals surface area contributed by atoms with E-state index in [1.165, 1.54) is 11.8 Å². The maximum atomic E-state index is 12.9. The number of aromatic nitrogens is 3. The SMILES string of the molecule is CCON=C(C(=O)NC1C(=O)N2C(C(=O)[O-])=C(C[n+]3ccc(N)cc3)CS[C@@H]12)c1nsc(N)n1. The predicted octanol–water partition coefficient (Wildman–Crippen LogP) is -2.17. The number of nitrogens with one attached hydrogen (secondary N) is 1. The molecule has 2 aliphatic heterocycles. The van der Waals surface area contributed by atoms with Gasteiger partial charge in [0.05, 0.1) is 11.7 Å². The molecular weight excluding hydrogens is 484 g/mol. The number of oxime groups is 1. The third-order valence-electron chi connectivity index (χ3n) is 4.97. The van der Waals surface area contributed by atoms with E-state index >= 15 is 0 Å². The molecule has 2 amide bonds. The molecule has 15 heteroatoms. The largest absolute Gasteiger partial charge is 0.543 e. The average molecular weight is 505 g/mol. The molecule has 13 nitrogen and oxygen atoms in total. The summed E-state index contributed by atoms with van der Waals surface area (Å²) in [6, 6.07) is 2.40. The molecule has 0 aromatic carbocycles. The lowest BCUT2D eigenvalue weighted by molar-refractivity contribution is -0.689. The first-order valence-electron chi connectivity index (χ1n) is 10.0. The minimum absolute atomic E-state index is 0.0356. The van der Waals surface area contributed by atoms with Crippen LogP contribution >= 0.6 is 23.3 Å². The number of β-lactam (4-membered cyclic amide) rings is 1. The minimum Gasteiger partial charge on any atom is -0.543 e. The molecule has 2 aromatic heterocycles. The first-order valence-corrected chi connectivity index (χ1v) is 11.8. The van der Waals surface area contributed by atoms with Crippen molar-refractivity contribution in [3.05, 3.63) is 41.6 Å². The van der Waals surface area contributed by atoms with E-state index < -0.39 is 29.2 Å². The van der Waals surface area contributed by atoms with Crippen molar-refractivity contribution in [2.75, 3.05) is 23.8 Å². The highest BCUT2D eigenvalue weighted by Crippen LogP contribution is 2.40. The monoisotopic (exact) mass is 504 g/mol. The maximum absolute atomic E-state index is 12.9. The number of rotatable bonds is 8. The summed E-state index contributed by atoms with van der Waals surface area (Å²) in [6.07, 6.45) is 3.43. The molecule has 1 fully saturated rings. The molecule has 4 rings (SSSR count). The molecule has 2 atom stereocenters. The number of fused-ring (bicyclic) bond motifs is 1. The Kier molecular flexibility index (Phi) is 6.65. The van der Waals surface area contributed by atoms with E-state index in [1.54, 1.807) is 36.0 Å². The fourth-order valence-corrected chi connectivity index (χ4v) is 5.21. The fourth-order valence-electron chi connectivity index (χ4n) is 3.44. The third-order valence-corrected chi connectivity index (χ3v) is 6.85.